The molecule has 1 amide bonds. The van der Waals surface area contributed by atoms with Crippen molar-refractivity contribution in [2.75, 3.05) is 0 Å². The number of nitrogens with one attached hydrogen (secondary N) is 1. The van der Waals surface area contributed by atoms with Crippen LogP contribution in [0.4, 0.5) is 0 Å². The largest absolute Gasteiger partial charge is 0.347 e. The Bertz CT molecular complexity index is 1350. The van der Waals surface area contributed by atoms with Crippen LogP contribution in [-0.2, 0) is 6.54 Å². The zero-order chi connectivity index (χ0) is 23.9. The number of amides is 1. The average Bonchev–Trinajstić information content (AvgIpc) is 3.28. The van der Waals surface area contributed by atoms with E-state index in [0.717, 1.165) is 22.8 Å². The summed E-state index contributed by atoms with van der Waals surface area (Å²) in [6, 6.07) is 14.6. The van der Waals surface area contributed by atoms with Crippen molar-refractivity contribution in [3.8, 4) is 11.5 Å². The third kappa shape index (κ3) is 4.51. The molecule has 5 nitrogen and oxygen atoms in total. The number of aryl methyl sites for hydroxylation is 2. The van der Waals surface area contributed by atoms with Gasteiger partial charge in [0.2, 0.25) is 0 Å². The number of nitrogens with zero attached hydrogens (tertiary/aromatic N) is 3. The van der Waals surface area contributed by atoms with Gasteiger partial charge in [0.25, 0.3) is 5.91 Å². The highest BCUT2D eigenvalue weighted by atomic mass is 35.5. The highest BCUT2D eigenvalue weighted by Gasteiger charge is 2.25. The summed E-state index contributed by atoms with van der Waals surface area (Å²) in [6.07, 6.45) is 0. The molecule has 0 fully saturated rings. The van der Waals surface area contributed by atoms with Gasteiger partial charge in [-0.2, -0.15) is 5.10 Å². The van der Waals surface area contributed by atoms with Crippen LogP contribution in [0.1, 0.15) is 33.0 Å². The second-order valence-corrected chi connectivity index (χ2v) is 9.26. The molecular formula is C24H20Cl4N4O. The van der Waals surface area contributed by atoms with E-state index in [2.05, 4.69) is 10.4 Å². The molecule has 4 rings (SSSR count). The number of carbonyl (C=O) groups excluding carboxylic acids is 1. The highest BCUT2D eigenvalue weighted by molar-refractivity contribution is 6.43. The first-order valence-electron chi connectivity index (χ1n) is 10.1. The third-order valence-corrected chi connectivity index (χ3v) is 6.93. The Hall–Kier alpha value is -2.44. The van der Waals surface area contributed by atoms with Crippen LogP contribution in [0.15, 0.2) is 48.5 Å². The molecule has 2 aromatic heterocycles. The van der Waals surface area contributed by atoms with E-state index in [1.165, 1.54) is 0 Å². The van der Waals surface area contributed by atoms with Crippen LogP contribution in [-0.4, -0.2) is 20.3 Å². The number of benzene rings is 2. The predicted octanol–water partition coefficient (Wildman–Crippen LogP) is 7.13. The fourth-order valence-corrected chi connectivity index (χ4v) is 4.40. The van der Waals surface area contributed by atoms with Crippen LogP contribution in [0.3, 0.4) is 0 Å². The lowest BCUT2D eigenvalue weighted by Crippen LogP contribution is -2.24. The van der Waals surface area contributed by atoms with Crippen molar-refractivity contribution >= 4 is 52.3 Å². The molecule has 0 saturated heterocycles. The molecule has 0 bridgehead atoms. The van der Waals surface area contributed by atoms with E-state index in [1.54, 1.807) is 28.9 Å². The molecule has 0 unspecified atom stereocenters. The summed E-state index contributed by atoms with van der Waals surface area (Å²) >= 11 is 24.9. The zero-order valence-corrected chi connectivity index (χ0v) is 21.1. The van der Waals surface area contributed by atoms with Gasteiger partial charge in [-0.3, -0.25) is 4.79 Å². The van der Waals surface area contributed by atoms with E-state index < -0.39 is 0 Å². The smallest absolute Gasteiger partial charge is 0.272 e. The van der Waals surface area contributed by atoms with Gasteiger partial charge in [0.15, 0.2) is 5.69 Å². The van der Waals surface area contributed by atoms with E-state index in [4.69, 9.17) is 46.4 Å². The summed E-state index contributed by atoms with van der Waals surface area (Å²) < 4.78 is 3.70. The van der Waals surface area contributed by atoms with Crippen LogP contribution >= 0.6 is 46.4 Å². The minimum absolute atomic E-state index is 0.275. The summed E-state index contributed by atoms with van der Waals surface area (Å²) in [5, 5.41) is 9.22. The van der Waals surface area contributed by atoms with Crippen molar-refractivity contribution in [1.82, 2.24) is 19.7 Å². The number of carbonyl (C=O) groups is 1. The number of hydrogen-bond acceptors (Lipinski definition) is 2. The molecule has 1 N–H and O–H groups in total. The standard InChI is InChI=1S/C24H20Cl4N4O/c1-13-7-8-14(2)31(13)24-15(3)22(30-32(24)20-6-4-5-18(26)21(20)28)23(33)29-12-16-9-10-17(25)19(27)11-16/h4-11H,12H2,1-3H3,(H,29,33). The fraction of sp³-hybridized carbons (Fsp3) is 0.167. The van der Waals surface area contributed by atoms with E-state index in [-0.39, 0.29) is 18.1 Å². The Balaban J connectivity index is 1.79. The SMILES string of the molecule is Cc1c(C(=O)NCc2ccc(Cl)c(Cl)c2)nn(-c2cccc(Cl)c2Cl)c1-n1c(C)ccc1C. The lowest BCUT2D eigenvalue weighted by atomic mass is 10.2. The first-order chi connectivity index (χ1) is 15.7. The van der Waals surface area contributed by atoms with Crippen LogP contribution in [0, 0.1) is 20.8 Å². The molecule has 0 saturated carbocycles. The Morgan fingerprint density at radius 2 is 1.61 bits per heavy atom. The van der Waals surface area contributed by atoms with Gasteiger partial charge >= 0.3 is 0 Å². The zero-order valence-electron chi connectivity index (χ0n) is 18.1. The maximum atomic E-state index is 13.2. The quantitative estimate of drug-likeness (QED) is 0.303. The minimum Gasteiger partial charge on any atom is -0.347 e. The van der Waals surface area contributed by atoms with E-state index in [0.29, 0.717) is 31.3 Å². The first kappa shape index (κ1) is 23.7. The second-order valence-electron chi connectivity index (χ2n) is 7.66. The van der Waals surface area contributed by atoms with Crippen LogP contribution in [0.5, 0.6) is 0 Å². The van der Waals surface area contributed by atoms with Crippen molar-refractivity contribution in [2.45, 2.75) is 27.3 Å². The summed E-state index contributed by atoms with van der Waals surface area (Å²) in [7, 11) is 0. The minimum atomic E-state index is -0.320. The molecule has 33 heavy (non-hydrogen) atoms. The molecule has 0 atom stereocenters. The molecule has 0 aliphatic heterocycles. The number of aromatic nitrogens is 3. The van der Waals surface area contributed by atoms with Gasteiger partial charge in [0, 0.05) is 23.5 Å². The summed E-state index contributed by atoms with van der Waals surface area (Å²) in [5.74, 6) is 0.401. The molecule has 2 heterocycles. The van der Waals surface area contributed by atoms with Gasteiger partial charge in [-0.1, -0.05) is 58.5 Å². The Labute approximate surface area is 211 Å². The molecule has 0 radical (unpaired) electrons. The van der Waals surface area contributed by atoms with Crippen molar-refractivity contribution < 1.29 is 4.79 Å². The first-order valence-corrected chi connectivity index (χ1v) is 11.6. The molecule has 2 aromatic carbocycles. The average molecular weight is 522 g/mol. The maximum Gasteiger partial charge on any atom is 0.272 e. The molecule has 0 spiro atoms. The third-order valence-electron chi connectivity index (χ3n) is 5.39. The van der Waals surface area contributed by atoms with Gasteiger partial charge < -0.3 is 9.88 Å². The lowest BCUT2D eigenvalue weighted by Gasteiger charge is -2.15. The van der Waals surface area contributed by atoms with Gasteiger partial charge in [0.05, 0.1) is 25.8 Å². The number of halogens is 4. The summed E-state index contributed by atoms with van der Waals surface area (Å²) in [5.41, 5.74) is 4.40. The summed E-state index contributed by atoms with van der Waals surface area (Å²) in [6.45, 7) is 6.13. The molecule has 9 heteroatoms. The monoisotopic (exact) mass is 520 g/mol. The van der Waals surface area contributed by atoms with Crippen molar-refractivity contribution in [3.63, 3.8) is 0 Å². The Kier molecular flexibility index (Phi) is 6.78. The van der Waals surface area contributed by atoms with Crippen molar-refractivity contribution in [3.05, 3.63) is 96.8 Å². The van der Waals surface area contributed by atoms with Crippen LogP contribution < -0.4 is 5.32 Å². The van der Waals surface area contributed by atoms with Gasteiger partial charge in [-0.05, 0) is 62.7 Å². The van der Waals surface area contributed by atoms with Crippen molar-refractivity contribution in [2.24, 2.45) is 0 Å². The lowest BCUT2D eigenvalue weighted by molar-refractivity contribution is 0.0945. The predicted molar refractivity (Wildman–Crippen MR) is 135 cm³/mol. The van der Waals surface area contributed by atoms with E-state index in [1.807, 2.05) is 49.6 Å². The second kappa shape index (κ2) is 9.43. The maximum absolute atomic E-state index is 13.2. The van der Waals surface area contributed by atoms with Gasteiger partial charge in [0.1, 0.15) is 5.82 Å². The number of hydrogen-bond donors (Lipinski definition) is 1. The summed E-state index contributed by atoms with van der Waals surface area (Å²) in [4.78, 5) is 13.2. The number of rotatable bonds is 5. The van der Waals surface area contributed by atoms with E-state index in [9.17, 15) is 4.79 Å². The fourth-order valence-electron chi connectivity index (χ4n) is 3.71. The molecule has 170 valence electrons. The van der Waals surface area contributed by atoms with E-state index >= 15 is 0 Å². The van der Waals surface area contributed by atoms with Gasteiger partial charge in [-0.15, -0.1) is 0 Å². The van der Waals surface area contributed by atoms with Crippen LogP contribution in [0.2, 0.25) is 20.1 Å². The molecular weight excluding hydrogens is 502 g/mol. The molecule has 0 aliphatic rings. The van der Waals surface area contributed by atoms with Crippen LogP contribution in [0.25, 0.3) is 11.5 Å². The Morgan fingerprint density at radius 3 is 2.27 bits per heavy atom. The van der Waals surface area contributed by atoms with Gasteiger partial charge in [-0.25, -0.2) is 4.68 Å². The molecule has 4 aromatic rings. The molecule has 0 aliphatic carbocycles. The topological polar surface area (TPSA) is 51.9 Å². The highest BCUT2D eigenvalue weighted by Crippen LogP contribution is 2.32. The normalized spacial score (nSPS) is 11.1. The van der Waals surface area contributed by atoms with Crippen molar-refractivity contribution in [1.29, 1.82) is 0 Å². The Morgan fingerprint density at radius 1 is 0.909 bits per heavy atom.